The first kappa shape index (κ1) is 22.1. The van der Waals surface area contributed by atoms with Gasteiger partial charge >= 0.3 is 0 Å². The normalized spacial score (nSPS) is 14.6. The molecular formula is C23H23F2N7O2. The molecule has 0 radical (unpaired) electrons. The molecule has 3 aromatic heterocycles. The molecule has 0 atom stereocenters. The number of hydrogen-bond donors (Lipinski definition) is 2. The summed E-state index contributed by atoms with van der Waals surface area (Å²) in [5.74, 6) is -1.30. The van der Waals surface area contributed by atoms with E-state index in [2.05, 4.69) is 30.5 Å². The molecule has 9 nitrogen and oxygen atoms in total. The highest BCUT2D eigenvalue weighted by Crippen LogP contribution is 2.24. The summed E-state index contributed by atoms with van der Waals surface area (Å²) >= 11 is 0. The molecule has 0 amide bonds. The summed E-state index contributed by atoms with van der Waals surface area (Å²) in [5.41, 5.74) is 2.48. The zero-order valence-corrected chi connectivity index (χ0v) is 18.7. The van der Waals surface area contributed by atoms with E-state index in [-0.39, 0.29) is 11.3 Å². The van der Waals surface area contributed by atoms with E-state index in [0.717, 1.165) is 36.5 Å². The van der Waals surface area contributed by atoms with Crippen molar-refractivity contribution in [1.82, 2.24) is 29.7 Å². The monoisotopic (exact) mass is 467 g/mol. The number of ketones is 1. The standard InChI is InChI=1S/C23H23F2N7O2/c1-13-9-19(29-28-13)27-20-10-15(12-31-5-7-34-8-6-31)23-26-14(2)21(32(23)30-20)22(33)17-4-3-16(24)11-18(17)25/h3-4,9-11H,5-8,12H2,1-2H3,(H2,27,28,29,30). The quantitative estimate of drug-likeness (QED) is 0.420. The van der Waals surface area contributed by atoms with Crippen molar-refractivity contribution in [2.75, 3.05) is 31.6 Å². The van der Waals surface area contributed by atoms with Crippen molar-refractivity contribution in [2.24, 2.45) is 0 Å². The Morgan fingerprint density at radius 2 is 1.94 bits per heavy atom. The third-order valence-electron chi connectivity index (χ3n) is 5.69. The van der Waals surface area contributed by atoms with Gasteiger partial charge in [-0.05, 0) is 32.0 Å². The van der Waals surface area contributed by atoms with Crippen LogP contribution in [0.4, 0.5) is 20.4 Å². The topological polar surface area (TPSA) is 100 Å². The van der Waals surface area contributed by atoms with Crippen LogP contribution >= 0.6 is 0 Å². The number of H-pyrrole nitrogens is 1. The van der Waals surface area contributed by atoms with Gasteiger partial charge in [0.25, 0.3) is 0 Å². The van der Waals surface area contributed by atoms with E-state index in [0.29, 0.717) is 48.8 Å². The average molecular weight is 467 g/mol. The number of fused-ring (bicyclic) bond motifs is 1. The summed E-state index contributed by atoms with van der Waals surface area (Å²) < 4.78 is 34.7. The summed E-state index contributed by atoms with van der Waals surface area (Å²) in [6.45, 7) is 6.93. The molecule has 0 saturated carbocycles. The fraction of sp³-hybridized carbons (Fsp3) is 0.304. The molecule has 1 aliphatic heterocycles. The minimum Gasteiger partial charge on any atom is -0.379 e. The van der Waals surface area contributed by atoms with Gasteiger partial charge in [-0.15, -0.1) is 5.10 Å². The Kier molecular flexibility index (Phi) is 5.80. The number of aromatic amines is 1. The van der Waals surface area contributed by atoms with Crippen molar-refractivity contribution in [2.45, 2.75) is 20.4 Å². The minimum absolute atomic E-state index is 0.116. The maximum Gasteiger partial charge on any atom is 0.216 e. The van der Waals surface area contributed by atoms with Gasteiger partial charge < -0.3 is 10.1 Å². The molecule has 0 spiro atoms. The summed E-state index contributed by atoms with van der Waals surface area (Å²) in [6, 6.07) is 6.57. The zero-order valence-electron chi connectivity index (χ0n) is 18.7. The van der Waals surface area contributed by atoms with Crippen molar-refractivity contribution in [1.29, 1.82) is 0 Å². The molecular weight excluding hydrogens is 444 g/mol. The van der Waals surface area contributed by atoms with Crippen molar-refractivity contribution >= 4 is 23.1 Å². The molecule has 1 saturated heterocycles. The van der Waals surface area contributed by atoms with Gasteiger partial charge in [-0.1, -0.05) is 0 Å². The number of nitrogens with zero attached hydrogens (tertiary/aromatic N) is 5. The van der Waals surface area contributed by atoms with Gasteiger partial charge in [0.2, 0.25) is 5.78 Å². The summed E-state index contributed by atoms with van der Waals surface area (Å²) in [5, 5.41) is 14.8. The van der Waals surface area contributed by atoms with Gasteiger partial charge in [0.15, 0.2) is 17.3 Å². The van der Waals surface area contributed by atoms with E-state index < -0.39 is 17.4 Å². The predicted molar refractivity (Wildman–Crippen MR) is 120 cm³/mol. The molecule has 176 valence electrons. The van der Waals surface area contributed by atoms with Gasteiger partial charge in [0, 0.05) is 43.0 Å². The van der Waals surface area contributed by atoms with Crippen LogP contribution in [0, 0.1) is 25.5 Å². The molecule has 4 heterocycles. The SMILES string of the molecule is Cc1cc(Nc2cc(CN3CCOCC3)c3nc(C)c(C(=O)c4ccc(F)cc4F)n3n2)n[nH]1. The Hall–Kier alpha value is -3.70. The van der Waals surface area contributed by atoms with Gasteiger partial charge in [-0.25, -0.2) is 18.3 Å². The van der Waals surface area contributed by atoms with E-state index in [1.807, 2.05) is 19.1 Å². The number of aryl methyl sites for hydroxylation is 2. The molecule has 34 heavy (non-hydrogen) atoms. The number of benzene rings is 1. The van der Waals surface area contributed by atoms with Crippen LogP contribution in [-0.2, 0) is 11.3 Å². The van der Waals surface area contributed by atoms with E-state index in [4.69, 9.17) is 4.74 Å². The molecule has 0 bridgehead atoms. The lowest BCUT2D eigenvalue weighted by Crippen LogP contribution is -2.35. The lowest BCUT2D eigenvalue weighted by molar-refractivity contribution is 0.0343. The molecule has 1 aromatic carbocycles. The maximum absolute atomic E-state index is 14.4. The number of morpholine rings is 1. The van der Waals surface area contributed by atoms with E-state index in [1.54, 1.807) is 6.92 Å². The van der Waals surface area contributed by atoms with Crippen LogP contribution in [0.15, 0.2) is 30.3 Å². The Morgan fingerprint density at radius 3 is 2.65 bits per heavy atom. The van der Waals surface area contributed by atoms with Crippen LogP contribution in [0.2, 0.25) is 0 Å². The zero-order chi connectivity index (χ0) is 23.8. The average Bonchev–Trinajstić information content (AvgIpc) is 3.36. The highest BCUT2D eigenvalue weighted by Gasteiger charge is 2.25. The molecule has 1 aliphatic rings. The lowest BCUT2D eigenvalue weighted by Gasteiger charge is -2.26. The number of ether oxygens (including phenoxy) is 1. The number of imidazole rings is 1. The number of carbonyl (C=O) groups excluding carboxylic acids is 1. The number of carbonyl (C=O) groups is 1. The Balaban J connectivity index is 1.62. The molecule has 0 aliphatic carbocycles. The second-order valence-corrected chi connectivity index (χ2v) is 8.24. The van der Waals surface area contributed by atoms with Gasteiger partial charge in [0.05, 0.1) is 24.5 Å². The molecule has 5 rings (SSSR count). The third kappa shape index (κ3) is 4.27. The number of hydrogen-bond acceptors (Lipinski definition) is 7. The first-order valence-electron chi connectivity index (χ1n) is 10.9. The molecule has 2 N–H and O–H groups in total. The number of anilines is 2. The number of nitrogens with one attached hydrogen (secondary N) is 2. The van der Waals surface area contributed by atoms with E-state index in [9.17, 15) is 13.6 Å². The number of halogens is 2. The van der Waals surface area contributed by atoms with Crippen molar-refractivity contribution < 1.29 is 18.3 Å². The van der Waals surface area contributed by atoms with Gasteiger partial charge in [-0.3, -0.25) is 14.8 Å². The largest absolute Gasteiger partial charge is 0.379 e. The van der Waals surface area contributed by atoms with Crippen molar-refractivity contribution in [3.63, 3.8) is 0 Å². The smallest absolute Gasteiger partial charge is 0.216 e. The summed E-state index contributed by atoms with van der Waals surface area (Å²) in [6.07, 6.45) is 0. The fourth-order valence-corrected chi connectivity index (χ4v) is 4.04. The fourth-order valence-electron chi connectivity index (χ4n) is 4.04. The number of aromatic nitrogens is 5. The molecule has 0 unspecified atom stereocenters. The van der Waals surface area contributed by atoms with Gasteiger partial charge in [0.1, 0.15) is 17.3 Å². The van der Waals surface area contributed by atoms with Gasteiger partial charge in [-0.2, -0.15) is 5.10 Å². The summed E-state index contributed by atoms with van der Waals surface area (Å²) in [4.78, 5) is 20.1. The first-order chi connectivity index (χ1) is 16.4. The van der Waals surface area contributed by atoms with Crippen LogP contribution in [0.25, 0.3) is 5.65 Å². The second-order valence-electron chi connectivity index (χ2n) is 8.24. The summed E-state index contributed by atoms with van der Waals surface area (Å²) in [7, 11) is 0. The third-order valence-corrected chi connectivity index (χ3v) is 5.69. The van der Waals surface area contributed by atoms with Crippen LogP contribution in [0.3, 0.4) is 0 Å². The van der Waals surface area contributed by atoms with Crippen LogP contribution in [0.1, 0.15) is 33.0 Å². The highest BCUT2D eigenvalue weighted by molar-refractivity contribution is 6.09. The van der Waals surface area contributed by atoms with Crippen LogP contribution in [-0.4, -0.2) is 61.8 Å². The second kappa shape index (κ2) is 8.92. The molecule has 11 heteroatoms. The van der Waals surface area contributed by atoms with Crippen molar-refractivity contribution in [3.8, 4) is 0 Å². The Morgan fingerprint density at radius 1 is 1.15 bits per heavy atom. The first-order valence-corrected chi connectivity index (χ1v) is 10.9. The van der Waals surface area contributed by atoms with Crippen molar-refractivity contribution in [3.05, 3.63) is 70.2 Å². The minimum atomic E-state index is -0.936. The number of rotatable bonds is 6. The molecule has 4 aromatic rings. The van der Waals surface area contributed by atoms with Crippen LogP contribution in [0.5, 0.6) is 0 Å². The predicted octanol–water partition coefficient (Wildman–Crippen LogP) is 3.15. The van der Waals surface area contributed by atoms with Crippen LogP contribution < -0.4 is 5.32 Å². The van der Waals surface area contributed by atoms with E-state index >= 15 is 0 Å². The Bertz CT molecular complexity index is 1380. The Labute approximate surface area is 193 Å². The maximum atomic E-state index is 14.4. The van der Waals surface area contributed by atoms with E-state index in [1.165, 1.54) is 4.52 Å². The highest BCUT2D eigenvalue weighted by atomic mass is 19.1. The molecule has 1 fully saturated rings. The lowest BCUT2D eigenvalue weighted by atomic mass is 10.1.